The van der Waals surface area contributed by atoms with E-state index in [1.54, 1.807) is 0 Å². The molecule has 0 amide bonds. The Morgan fingerprint density at radius 2 is 0.750 bits per heavy atom. The third kappa shape index (κ3) is 9.61. The number of hydrogen-bond acceptors (Lipinski definition) is 2. The van der Waals surface area contributed by atoms with E-state index in [2.05, 4.69) is 263 Å². The van der Waals surface area contributed by atoms with E-state index in [0.717, 1.165) is 39.0 Å². The molecule has 380 valence electrons. The summed E-state index contributed by atoms with van der Waals surface area (Å²) >= 11 is 0. The maximum absolute atomic E-state index is 2.71. The Morgan fingerprint density at radius 3 is 1.08 bits per heavy atom. The molecule has 13 rings (SSSR count). The predicted octanol–water partition coefficient (Wildman–Crippen LogP) is 18.2. The van der Waals surface area contributed by atoms with Crippen molar-refractivity contribution < 1.29 is 0 Å². The number of benzene rings is 9. The van der Waals surface area contributed by atoms with Crippen molar-refractivity contribution in [3.8, 4) is 66.8 Å². The highest BCUT2D eigenvalue weighted by Crippen LogP contribution is 2.50. The van der Waals surface area contributed by atoms with Gasteiger partial charge in [0.15, 0.2) is 0 Å². The first kappa shape index (κ1) is 49.8. The molecule has 4 aliphatic heterocycles. The van der Waals surface area contributed by atoms with E-state index in [0.29, 0.717) is 17.8 Å². The van der Waals surface area contributed by atoms with E-state index in [1.165, 1.54) is 126 Å². The summed E-state index contributed by atoms with van der Waals surface area (Å²) < 4.78 is 0. The van der Waals surface area contributed by atoms with Gasteiger partial charge in [-0.1, -0.05) is 233 Å². The summed E-state index contributed by atoms with van der Waals surface area (Å²) in [7, 11) is 0. The number of rotatable bonds is 13. The fraction of sp³-hybridized carbons (Fsp3) is 0.270. The number of hydrogen-bond donors (Lipinski definition) is 0. The molecule has 2 atom stereocenters. The third-order valence-corrected chi connectivity index (χ3v) is 18.7. The summed E-state index contributed by atoms with van der Waals surface area (Å²) in [6.07, 6.45) is 4.72. The van der Waals surface area contributed by atoms with Gasteiger partial charge < -0.3 is 9.80 Å². The highest BCUT2D eigenvalue weighted by Gasteiger charge is 2.49. The van der Waals surface area contributed by atoms with Gasteiger partial charge in [-0.15, -0.1) is 0 Å². The molecule has 4 fully saturated rings. The van der Waals surface area contributed by atoms with Crippen molar-refractivity contribution in [3.05, 3.63) is 252 Å². The van der Waals surface area contributed by atoms with Gasteiger partial charge in [0.2, 0.25) is 0 Å². The quantitative estimate of drug-likeness (QED) is 0.114. The lowest BCUT2D eigenvalue weighted by atomic mass is 9.59. The number of aryl methyl sites for hydroxylation is 1. The van der Waals surface area contributed by atoms with E-state index < -0.39 is 0 Å². The Balaban J connectivity index is 0.786. The van der Waals surface area contributed by atoms with Gasteiger partial charge in [-0.3, -0.25) is 0 Å². The van der Waals surface area contributed by atoms with Crippen LogP contribution in [0, 0.1) is 18.8 Å². The summed E-state index contributed by atoms with van der Waals surface area (Å²) in [6, 6.07) is 83.9. The molecule has 0 aliphatic carbocycles. The van der Waals surface area contributed by atoms with Crippen LogP contribution in [-0.4, -0.2) is 49.1 Å². The van der Waals surface area contributed by atoms with Crippen molar-refractivity contribution in [2.75, 3.05) is 39.3 Å². The van der Waals surface area contributed by atoms with Crippen LogP contribution in [0.1, 0.15) is 92.7 Å². The maximum atomic E-state index is 2.71. The van der Waals surface area contributed by atoms with Crippen LogP contribution in [0.4, 0.5) is 0 Å². The average Bonchev–Trinajstić information content (AvgIpc) is 3.51. The minimum absolute atomic E-state index is 0.0318. The van der Waals surface area contributed by atoms with Crippen LogP contribution < -0.4 is 0 Å². The lowest BCUT2D eigenvalue weighted by Gasteiger charge is -2.54. The van der Waals surface area contributed by atoms with Gasteiger partial charge in [0.05, 0.1) is 0 Å². The van der Waals surface area contributed by atoms with E-state index >= 15 is 0 Å². The van der Waals surface area contributed by atoms with E-state index in [4.69, 9.17) is 0 Å². The topological polar surface area (TPSA) is 6.48 Å². The summed E-state index contributed by atoms with van der Waals surface area (Å²) in [4.78, 5) is 5.33. The van der Waals surface area contributed by atoms with Gasteiger partial charge in [0.1, 0.15) is 0 Å². The first-order valence-electron chi connectivity index (χ1n) is 28.5. The van der Waals surface area contributed by atoms with Gasteiger partial charge in [0, 0.05) is 17.4 Å². The van der Waals surface area contributed by atoms with Gasteiger partial charge in [-0.25, -0.2) is 0 Å². The third-order valence-electron chi connectivity index (χ3n) is 18.7. The first-order chi connectivity index (χ1) is 37.2. The van der Waals surface area contributed by atoms with Crippen LogP contribution in [0.3, 0.4) is 0 Å². The van der Waals surface area contributed by atoms with Crippen LogP contribution in [0.2, 0.25) is 0 Å². The lowest BCUT2D eigenvalue weighted by molar-refractivity contribution is 0.0451. The molecule has 0 aromatic heterocycles. The highest BCUT2D eigenvalue weighted by molar-refractivity contribution is 5.77. The van der Waals surface area contributed by atoms with Crippen molar-refractivity contribution in [2.45, 2.75) is 77.0 Å². The van der Waals surface area contributed by atoms with Crippen LogP contribution in [0.25, 0.3) is 66.8 Å². The van der Waals surface area contributed by atoms with E-state index in [-0.39, 0.29) is 10.8 Å². The van der Waals surface area contributed by atoms with Crippen LogP contribution in [0.5, 0.6) is 0 Å². The minimum atomic E-state index is -0.0334. The van der Waals surface area contributed by atoms with Gasteiger partial charge in [-0.05, 0) is 196 Å². The number of nitrogens with zero attached hydrogens (tertiary/aromatic N) is 2. The molecule has 76 heavy (non-hydrogen) atoms. The number of fused-ring (bicyclic) bond motifs is 3. The molecular formula is C74H74N2. The normalized spacial score (nSPS) is 19.7. The van der Waals surface area contributed by atoms with Crippen LogP contribution in [0.15, 0.2) is 218 Å². The standard InChI is InChI=1S/C74H74N2/c1-6-75-46-42-73(43-47-75,68-32-24-58(25-33-68)64-12-7-10-62(48-64)56-18-16-53(4)17-19-56)69-34-26-59(27-35-69)65-13-9-15-67(50-65)61-30-38-71(39-31-61)74(51-76-44-40-72(74)41-45-76)70-36-28-60(29-37-70)66-14-8-11-63(49-66)57-22-20-55(21-23-57)54(5)52(2)3/h7-39,48-50,52,54,72H,6,40-47,51H2,1-5H3. The summed E-state index contributed by atoms with van der Waals surface area (Å²) in [5.41, 5.74) is 23.5. The zero-order valence-electron chi connectivity index (χ0n) is 45.5. The fourth-order valence-corrected chi connectivity index (χ4v) is 13.5. The molecule has 4 aliphatic rings. The molecule has 4 saturated heterocycles. The Bertz CT molecular complexity index is 3400. The monoisotopic (exact) mass is 991 g/mol. The Labute approximate surface area is 454 Å². The summed E-state index contributed by atoms with van der Waals surface area (Å²) in [5.74, 6) is 1.80. The molecule has 2 bridgehead atoms. The highest BCUT2D eigenvalue weighted by atomic mass is 15.2. The molecular weight excluding hydrogens is 917 g/mol. The zero-order chi connectivity index (χ0) is 51.8. The molecule has 4 heterocycles. The number of likely N-dealkylation sites (tertiary alicyclic amines) is 1. The fourth-order valence-electron chi connectivity index (χ4n) is 13.5. The zero-order valence-corrected chi connectivity index (χ0v) is 45.5. The largest absolute Gasteiger partial charge is 0.304 e. The lowest BCUT2D eigenvalue weighted by Crippen LogP contribution is -2.57. The Kier molecular flexibility index (Phi) is 13.8. The second-order valence-electron chi connectivity index (χ2n) is 23.1. The summed E-state index contributed by atoms with van der Waals surface area (Å²) in [5, 5.41) is 0. The van der Waals surface area contributed by atoms with E-state index in [9.17, 15) is 0 Å². The van der Waals surface area contributed by atoms with Gasteiger partial charge in [-0.2, -0.15) is 0 Å². The maximum Gasteiger partial charge on any atom is 0.0358 e. The molecule has 2 heteroatoms. The average molecular weight is 991 g/mol. The van der Waals surface area contributed by atoms with Crippen LogP contribution in [-0.2, 0) is 10.8 Å². The molecule has 0 radical (unpaired) electrons. The molecule has 2 unspecified atom stereocenters. The van der Waals surface area contributed by atoms with Crippen molar-refractivity contribution in [1.29, 1.82) is 0 Å². The van der Waals surface area contributed by atoms with Crippen molar-refractivity contribution in [3.63, 3.8) is 0 Å². The molecule has 0 saturated carbocycles. The molecule has 9 aromatic rings. The van der Waals surface area contributed by atoms with Crippen molar-refractivity contribution in [1.82, 2.24) is 9.80 Å². The van der Waals surface area contributed by atoms with E-state index in [1.807, 2.05) is 0 Å². The van der Waals surface area contributed by atoms with Crippen LogP contribution >= 0.6 is 0 Å². The Hall–Kier alpha value is -7.10. The first-order valence-corrected chi connectivity index (χ1v) is 28.5. The number of piperidine rings is 4. The second-order valence-corrected chi connectivity index (χ2v) is 23.1. The SMILES string of the molecule is CCN1CCC(c2ccc(-c3cccc(-c4ccc(C)cc4)c3)cc2)(c2ccc(-c3cccc(-c4ccc(C5(c6ccc(-c7cccc(-c8ccc(C(C)C(C)C)cc8)c7)cc6)CN6CCC5CC6)cc4)c3)cc2)CC1. The molecule has 9 aromatic carbocycles. The minimum Gasteiger partial charge on any atom is -0.304 e. The van der Waals surface area contributed by atoms with Gasteiger partial charge in [0.25, 0.3) is 0 Å². The second kappa shape index (κ2) is 21.1. The molecule has 2 nitrogen and oxygen atoms in total. The van der Waals surface area contributed by atoms with Gasteiger partial charge >= 0.3 is 0 Å². The Morgan fingerprint density at radius 1 is 0.408 bits per heavy atom. The van der Waals surface area contributed by atoms with Crippen molar-refractivity contribution in [2.24, 2.45) is 11.8 Å². The smallest absolute Gasteiger partial charge is 0.0358 e. The predicted molar refractivity (Wildman–Crippen MR) is 322 cm³/mol. The molecule has 0 N–H and O–H groups in total. The molecule has 0 spiro atoms. The summed E-state index contributed by atoms with van der Waals surface area (Å²) in [6.45, 7) is 18.2. The van der Waals surface area contributed by atoms with Crippen molar-refractivity contribution >= 4 is 0 Å².